The molecule has 33 heavy (non-hydrogen) atoms. The Morgan fingerprint density at radius 2 is 1.70 bits per heavy atom. The second-order valence-corrected chi connectivity index (χ2v) is 8.44. The summed E-state index contributed by atoms with van der Waals surface area (Å²) in [4.78, 5) is 26.7. The topological polar surface area (TPSA) is 75.4 Å². The van der Waals surface area contributed by atoms with E-state index in [-0.39, 0.29) is 5.91 Å². The predicted octanol–water partition coefficient (Wildman–Crippen LogP) is 4.51. The van der Waals surface area contributed by atoms with Crippen molar-refractivity contribution in [1.82, 2.24) is 20.0 Å². The van der Waals surface area contributed by atoms with Crippen molar-refractivity contribution in [2.24, 2.45) is 0 Å². The number of hydrogen-bond donors (Lipinski definition) is 0. The van der Waals surface area contributed by atoms with Crippen molar-refractivity contribution in [3.63, 3.8) is 0 Å². The molecule has 0 spiro atoms. The monoisotopic (exact) mass is 441 g/mol. The Morgan fingerprint density at radius 1 is 0.970 bits per heavy atom. The van der Waals surface area contributed by atoms with Crippen LogP contribution in [0.2, 0.25) is 0 Å². The van der Waals surface area contributed by atoms with Crippen LogP contribution in [0.25, 0.3) is 22.4 Å². The molecule has 7 nitrogen and oxygen atoms in total. The summed E-state index contributed by atoms with van der Waals surface area (Å²) in [6, 6.07) is 17.7. The molecule has 1 fully saturated rings. The number of aryl methyl sites for hydroxylation is 2. The highest BCUT2D eigenvalue weighted by molar-refractivity contribution is 5.98. The molecule has 0 bridgehead atoms. The Labute approximate surface area is 193 Å². The van der Waals surface area contributed by atoms with Crippen LogP contribution in [0.15, 0.2) is 59.1 Å². The van der Waals surface area contributed by atoms with Crippen LogP contribution in [0.1, 0.15) is 35.1 Å². The van der Waals surface area contributed by atoms with Gasteiger partial charge in [0.2, 0.25) is 0 Å². The van der Waals surface area contributed by atoms with E-state index < -0.39 is 0 Å². The molecular formula is C26H27N5O2. The zero-order chi connectivity index (χ0) is 22.8. The molecule has 1 amide bonds. The Hall–Kier alpha value is -3.74. The second kappa shape index (κ2) is 9.02. The molecular weight excluding hydrogens is 414 g/mol. The fourth-order valence-electron chi connectivity index (χ4n) is 4.24. The van der Waals surface area contributed by atoms with Crippen molar-refractivity contribution in [2.75, 3.05) is 31.1 Å². The minimum atomic E-state index is 0.0732. The van der Waals surface area contributed by atoms with E-state index in [4.69, 9.17) is 9.51 Å². The Bertz CT molecular complexity index is 1260. The lowest BCUT2D eigenvalue weighted by Crippen LogP contribution is -2.49. The largest absolute Gasteiger partial charge is 0.352 e. The first-order valence-corrected chi connectivity index (χ1v) is 11.5. The standard InChI is InChI=1S/C26H27N5O2/c1-3-7-21-27-24(22-23(29-33-25(22)28-21)19-8-5-4-6-9-19)30-14-16-31(17-15-30)26(32)20-12-10-18(2)11-13-20/h4-6,8-13H,3,7,14-17H2,1-2H3. The van der Waals surface area contributed by atoms with Crippen LogP contribution in [-0.4, -0.2) is 52.1 Å². The number of amides is 1. The maximum absolute atomic E-state index is 13.0. The number of piperazine rings is 1. The second-order valence-electron chi connectivity index (χ2n) is 8.44. The fourth-order valence-corrected chi connectivity index (χ4v) is 4.24. The van der Waals surface area contributed by atoms with Crippen LogP contribution < -0.4 is 4.90 Å². The molecule has 0 radical (unpaired) electrons. The van der Waals surface area contributed by atoms with Crippen molar-refractivity contribution in [1.29, 1.82) is 0 Å². The van der Waals surface area contributed by atoms with Crippen LogP contribution in [0.3, 0.4) is 0 Å². The Morgan fingerprint density at radius 3 is 2.39 bits per heavy atom. The average molecular weight is 442 g/mol. The molecule has 1 aliphatic heterocycles. The molecule has 2 aromatic carbocycles. The minimum absolute atomic E-state index is 0.0732. The molecule has 5 rings (SSSR count). The Kier molecular flexibility index (Phi) is 5.77. The number of anilines is 1. The predicted molar refractivity (Wildman–Crippen MR) is 128 cm³/mol. The summed E-state index contributed by atoms with van der Waals surface area (Å²) in [5.41, 5.74) is 4.11. The maximum Gasteiger partial charge on any atom is 0.263 e. The summed E-state index contributed by atoms with van der Waals surface area (Å²) in [5.74, 6) is 1.67. The van der Waals surface area contributed by atoms with Crippen LogP contribution >= 0.6 is 0 Å². The van der Waals surface area contributed by atoms with E-state index in [9.17, 15) is 4.79 Å². The maximum atomic E-state index is 13.0. The van der Waals surface area contributed by atoms with E-state index in [1.54, 1.807) is 0 Å². The molecule has 0 aliphatic carbocycles. The Balaban J connectivity index is 1.45. The summed E-state index contributed by atoms with van der Waals surface area (Å²) in [5, 5.41) is 5.18. The van der Waals surface area contributed by atoms with Crippen LogP contribution in [-0.2, 0) is 6.42 Å². The quantitative estimate of drug-likeness (QED) is 0.454. The van der Waals surface area contributed by atoms with Crippen LogP contribution in [0.5, 0.6) is 0 Å². The average Bonchev–Trinajstić information content (AvgIpc) is 3.28. The van der Waals surface area contributed by atoms with E-state index in [0.717, 1.165) is 52.3 Å². The third-order valence-electron chi connectivity index (χ3n) is 6.05. The number of nitrogens with zero attached hydrogens (tertiary/aromatic N) is 5. The number of rotatable bonds is 5. The molecule has 4 aromatic rings. The van der Waals surface area contributed by atoms with E-state index in [0.29, 0.717) is 31.9 Å². The summed E-state index contributed by atoms with van der Waals surface area (Å²) < 4.78 is 5.66. The molecule has 1 saturated heterocycles. The molecule has 3 heterocycles. The van der Waals surface area contributed by atoms with E-state index in [1.807, 2.05) is 66.4 Å². The number of carbonyl (C=O) groups is 1. The van der Waals surface area contributed by atoms with Crippen molar-refractivity contribution in [3.05, 3.63) is 71.5 Å². The summed E-state index contributed by atoms with van der Waals surface area (Å²) in [6.45, 7) is 6.78. The fraction of sp³-hybridized carbons (Fsp3) is 0.308. The van der Waals surface area contributed by atoms with Crippen molar-refractivity contribution in [2.45, 2.75) is 26.7 Å². The smallest absolute Gasteiger partial charge is 0.263 e. The normalized spacial score (nSPS) is 14.1. The summed E-state index contributed by atoms with van der Waals surface area (Å²) >= 11 is 0. The minimum Gasteiger partial charge on any atom is -0.352 e. The lowest BCUT2D eigenvalue weighted by atomic mass is 10.1. The molecule has 0 unspecified atom stereocenters. The van der Waals surface area contributed by atoms with Gasteiger partial charge >= 0.3 is 0 Å². The molecule has 0 N–H and O–H groups in total. The van der Waals surface area contributed by atoms with Crippen molar-refractivity contribution < 1.29 is 9.32 Å². The zero-order valence-corrected chi connectivity index (χ0v) is 19.0. The van der Waals surface area contributed by atoms with Gasteiger partial charge in [0.05, 0.1) is 0 Å². The van der Waals surface area contributed by atoms with Gasteiger partial charge in [0.1, 0.15) is 22.7 Å². The molecule has 168 valence electrons. The molecule has 7 heteroatoms. The highest BCUT2D eigenvalue weighted by atomic mass is 16.5. The van der Waals surface area contributed by atoms with Crippen LogP contribution in [0.4, 0.5) is 5.82 Å². The van der Waals surface area contributed by atoms with Crippen LogP contribution in [0, 0.1) is 6.92 Å². The number of hydrogen-bond acceptors (Lipinski definition) is 6. The van der Waals surface area contributed by atoms with E-state index >= 15 is 0 Å². The van der Waals surface area contributed by atoms with E-state index in [1.165, 1.54) is 0 Å². The number of aromatic nitrogens is 3. The SMILES string of the molecule is CCCc1nc(N2CCN(C(=O)c3ccc(C)cc3)CC2)c2c(-c3ccccc3)noc2n1. The molecule has 2 aromatic heterocycles. The van der Waals surface area contributed by atoms with E-state index in [2.05, 4.69) is 22.0 Å². The third-order valence-corrected chi connectivity index (χ3v) is 6.05. The first-order chi connectivity index (χ1) is 16.1. The van der Waals surface area contributed by atoms with Gasteiger partial charge in [-0.05, 0) is 25.5 Å². The number of fused-ring (bicyclic) bond motifs is 1. The van der Waals surface area contributed by atoms with Gasteiger partial charge in [-0.25, -0.2) is 4.98 Å². The van der Waals surface area contributed by atoms with Crippen molar-refractivity contribution >= 4 is 22.8 Å². The molecule has 1 aliphatic rings. The van der Waals surface area contributed by atoms with Gasteiger partial charge in [0.25, 0.3) is 11.6 Å². The lowest BCUT2D eigenvalue weighted by molar-refractivity contribution is 0.0746. The zero-order valence-electron chi connectivity index (χ0n) is 19.0. The highest BCUT2D eigenvalue weighted by Gasteiger charge is 2.27. The molecule has 0 atom stereocenters. The van der Waals surface area contributed by atoms with Gasteiger partial charge in [-0.15, -0.1) is 0 Å². The lowest BCUT2D eigenvalue weighted by Gasteiger charge is -2.35. The van der Waals surface area contributed by atoms with Gasteiger partial charge < -0.3 is 14.3 Å². The summed E-state index contributed by atoms with van der Waals surface area (Å²) in [6.07, 6.45) is 1.72. The number of benzene rings is 2. The first kappa shape index (κ1) is 21.1. The van der Waals surface area contributed by atoms with Crippen molar-refractivity contribution in [3.8, 4) is 11.3 Å². The highest BCUT2D eigenvalue weighted by Crippen LogP contribution is 2.34. The van der Waals surface area contributed by atoms with Gasteiger partial charge in [-0.3, -0.25) is 4.79 Å². The summed E-state index contributed by atoms with van der Waals surface area (Å²) in [7, 11) is 0. The number of carbonyl (C=O) groups excluding carboxylic acids is 1. The van der Waals surface area contributed by atoms with Gasteiger partial charge in [-0.1, -0.05) is 60.1 Å². The van der Waals surface area contributed by atoms with Gasteiger partial charge in [0, 0.05) is 43.7 Å². The van der Waals surface area contributed by atoms with Gasteiger partial charge in [0.15, 0.2) is 0 Å². The molecule has 0 saturated carbocycles. The third kappa shape index (κ3) is 4.18. The van der Waals surface area contributed by atoms with Gasteiger partial charge in [-0.2, -0.15) is 4.98 Å². The first-order valence-electron chi connectivity index (χ1n) is 11.5.